The standard InChI is InChI=1S/C31H24N2O7/c1-17(34)18-6-10-21(11-7-18)40-31(37)28-27-26(23-12-8-19-4-2-3-5-22(19)33(23)28)29(35)32(30(27)36)20-9-13-24-25(16-20)39-15-14-38-24/h2-13,16,23,26-28H,14-15H2,1H3. The van der Waals surface area contributed by atoms with Gasteiger partial charge >= 0.3 is 5.97 Å². The van der Waals surface area contributed by atoms with E-state index in [2.05, 4.69) is 0 Å². The van der Waals surface area contributed by atoms with Crippen molar-refractivity contribution >= 4 is 41.0 Å². The van der Waals surface area contributed by atoms with Gasteiger partial charge in [0.05, 0.1) is 23.6 Å². The molecule has 0 bridgehead atoms. The van der Waals surface area contributed by atoms with Gasteiger partial charge in [-0.05, 0) is 55.0 Å². The maximum Gasteiger partial charge on any atom is 0.335 e. The number of esters is 1. The van der Waals surface area contributed by atoms with Crippen molar-refractivity contribution in [3.63, 3.8) is 0 Å². The van der Waals surface area contributed by atoms with Crippen LogP contribution in [0.5, 0.6) is 17.2 Å². The number of hydrogen-bond acceptors (Lipinski definition) is 8. The van der Waals surface area contributed by atoms with E-state index in [4.69, 9.17) is 14.2 Å². The largest absolute Gasteiger partial charge is 0.486 e. The number of carbonyl (C=O) groups is 4. The van der Waals surface area contributed by atoms with Crippen LogP contribution in [0.4, 0.5) is 11.4 Å². The molecule has 9 nitrogen and oxygen atoms in total. The number of hydrogen-bond donors (Lipinski definition) is 0. The number of nitrogens with zero attached hydrogens (tertiary/aromatic N) is 2. The average Bonchev–Trinajstić information content (AvgIpc) is 3.45. The van der Waals surface area contributed by atoms with Gasteiger partial charge in [0.1, 0.15) is 25.0 Å². The molecule has 2 fully saturated rings. The lowest BCUT2D eigenvalue weighted by Gasteiger charge is -2.36. The molecule has 0 spiro atoms. The highest BCUT2D eigenvalue weighted by Crippen LogP contribution is 2.50. The number of amides is 2. The van der Waals surface area contributed by atoms with Crippen molar-refractivity contribution in [1.29, 1.82) is 0 Å². The summed E-state index contributed by atoms with van der Waals surface area (Å²) in [6.07, 6.45) is 3.81. The number of Topliss-reactive ketones (excluding diaryl/α,β-unsaturated/α-hetero) is 1. The molecule has 4 atom stereocenters. The summed E-state index contributed by atoms with van der Waals surface area (Å²) in [5.74, 6) is -2.12. The van der Waals surface area contributed by atoms with E-state index in [1.165, 1.54) is 6.92 Å². The number of fused-ring (bicyclic) bond motifs is 6. The molecular weight excluding hydrogens is 512 g/mol. The molecule has 4 unspecified atom stereocenters. The van der Waals surface area contributed by atoms with Crippen molar-refractivity contribution in [3.05, 3.63) is 83.9 Å². The Kier molecular flexibility index (Phi) is 5.48. The second kappa shape index (κ2) is 9.08. The summed E-state index contributed by atoms with van der Waals surface area (Å²) in [4.78, 5) is 56.5. The summed E-state index contributed by atoms with van der Waals surface area (Å²) in [7, 11) is 0. The SMILES string of the molecule is CC(=O)c1ccc(OC(=O)C2C3C(=O)N(c4ccc5c(c4)OCCO5)C(=O)C3C3C=Cc4ccccc4N32)cc1. The third kappa shape index (κ3) is 3.61. The fourth-order valence-electron chi connectivity index (χ4n) is 6.14. The first-order valence-electron chi connectivity index (χ1n) is 13.1. The summed E-state index contributed by atoms with van der Waals surface area (Å²) in [5, 5.41) is 0. The fourth-order valence-corrected chi connectivity index (χ4v) is 6.14. The maximum absolute atomic E-state index is 14.0. The Labute approximate surface area is 229 Å². The zero-order chi connectivity index (χ0) is 27.5. The molecule has 3 aromatic rings. The first-order chi connectivity index (χ1) is 19.4. The summed E-state index contributed by atoms with van der Waals surface area (Å²) in [6.45, 7) is 2.24. The Balaban J connectivity index is 1.27. The molecule has 4 heterocycles. The highest BCUT2D eigenvalue weighted by Gasteiger charge is 2.65. The zero-order valence-corrected chi connectivity index (χ0v) is 21.5. The van der Waals surface area contributed by atoms with Crippen LogP contribution in [0.2, 0.25) is 0 Å². The second-order valence-corrected chi connectivity index (χ2v) is 10.2. The van der Waals surface area contributed by atoms with Crippen LogP contribution in [0.25, 0.3) is 6.08 Å². The quantitative estimate of drug-likeness (QED) is 0.216. The van der Waals surface area contributed by atoms with Crippen molar-refractivity contribution in [1.82, 2.24) is 0 Å². The van der Waals surface area contributed by atoms with E-state index in [1.54, 1.807) is 42.5 Å². The van der Waals surface area contributed by atoms with E-state index in [0.29, 0.717) is 36.0 Å². The van der Waals surface area contributed by atoms with Gasteiger partial charge in [0.25, 0.3) is 0 Å². The van der Waals surface area contributed by atoms with Crippen molar-refractivity contribution in [2.75, 3.05) is 23.0 Å². The van der Waals surface area contributed by atoms with Crippen molar-refractivity contribution in [2.24, 2.45) is 11.8 Å². The van der Waals surface area contributed by atoms with Gasteiger partial charge in [-0.3, -0.25) is 14.4 Å². The Morgan fingerprint density at radius 1 is 0.875 bits per heavy atom. The molecule has 0 aromatic heterocycles. The average molecular weight is 537 g/mol. The van der Waals surface area contributed by atoms with E-state index in [-0.39, 0.29) is 17.4 Å². The third-order valence-corrected chi connectivity index (χ3v) is 7.92. The van der Waals surface area contributed by atoms with Crippen molar-refractivity contribution in [2.45, 2.75) is 19.0 Å². The molecule has 0 N–H and O–H groups in total. The predicted octanol–water partition coefficient (Wildman–Crippen LogP) is 3.66. The molecular formula is C31H24N2O7. The van der Waals surface area contributed by atoms with Crippen molar-refractivity contribution in [3.8, 4) is 17.2 Å². The molecule has 2 saturated heterocycles. The van der Waals surface area contributed by atoms with E-state index in [1.807, 2.05) is 41.3 Å². The molecule has 4 aliphatic heterocycles. The monoisotopic (exact) mass is 536 g/mol. The molecule has 3 aromatic carbocycles. The van der Waals surface area contributed by atoms with E-state index < -0.39 is 35.8 Å². The van der Waals surface area contributed by atoms with Gasteiger partial charge in [-0.25, -0.2) is 9.69 Å². The highest BCUT2D eigenvalue weighted by molar-refractivity contribution is 6.24. The smallest absolute Gasteiger partial charge is 0.335 e. The lowest BCUT2D eigenvalue weighted by Crippen LogP contribution is -2.50. The Morgan fingerprint density at radius 3 is 2.38 bits per heavy atom. The number of benzene rings is 3. The molecule has 4 aliphatic rings. The van der Waals surface area contributed by atoms with Gasteiger partial charge < -0.3 is 19.1 Å². The lowest BCUT2D eigenvalue weighted by molar-refractivity contribution is -0.139. The summed E-state index contributed by atoms with van der Waals surface area (Å²) in [6, 6.07) is 17.2. The summed E-state index contributed by atoms with van der Waals surface area (Å²) >= 11 is 0. The molecule has 7 rings (SSSR count). The minimum Gasteiger partial charge on any atom is -0.486 e. The third-order valence-electron chi connectivity index (χ3n) is 7.92. The van der Waals surface area contributed by atoms with Crippen LogP contribution in [-0.4, -0.2) is 48.9 Å². The molecule has 40 heavy (non-hydrogen) atoms. The summed E-state index contributed by atoms with van der Waals surface area (Å²) in [5.41, 5.74) is 2.49. The minimum atomic E-state index is -1.05. The van der Waals surface area contributed by atoms with E-state index >= 15 is 0 Å². The zero-order valence-electron chi connectivity index (χ0n) is 21.5. The van der Waals surface area contributed by atoms with Gasteiger partial charge in [-0.1, -0.05) is 30.4 Å². The molecule has 9 heteroatoms. The van der Waals surface area contributed by atoms with Crippen LogP contribution in [0, 0.1) is 11.8 Å². The molecule has 0 saturated carbocycles. The maximum atomic E-state index is 14.0. The van der Waals surface area contributed by atoms with Crippen LogP contribution in [0.15, 0.2) is 72.8 Å². The van der Waals surface area contributed by atoms with Gasteiger partial charge in [0.15, 0.2) is 17.3 Å². The van der Waals surface area contributed by atoms with Crippen LogP contribution in [-0.2, 0) is 14.4 Å². The first-order valence-corrected chi connectivity index (χ1v) is 13.1. The van der Waals surface area contributed by atoms with Gasteiger partial charge in [0.2, 0.25) is 11.8 Å². The predicted molar refractivity (Wildman–Crippen MR) is 145 cm³/mol. The minimum absolute atomic E-state index is 0.106. The van der Waals surface area contributed by atoms with E-state index in [0.717, 1.165) is 16.2 Å². The van der Waals surface area contributed by atoms with E-state index in [9.17, 15) is 19.2 Å². The number of rotatable bonds is 4. The number of para-hydroxylation sites is 1. The highest BCUT2D eigenvalue weighted by atomic mass is 16.6. The number of ketones is 1. The molecule has 0 aliphatic carbocycles. The first kappa shape index (κ1) is 24.1. The van der Waals surface area contributed by atoms with Crippen LogP contribution in [0.1, 0.15) is 22.8 Å². The Morgan fingerprint density at radius 2 is 1.60 bits per heavy atom. The number of imide groups is 1. The van der Waals surface area contributed by atoms with Gasteiger partial charge in [0, 0.05) is 17.3 Å². The fraction of sp³-hybridized carbons (Fsp3) is 0.226. The van der Waals surface area contributed by atoms with Crippen LogP contribution in [0.3, 0.4) is 0 Å². The normalized spacial score (nSPS) is 23.9. The molecule has 2 amide bonds. The molecule has 200 valence electrons. The van der Waals surface area contributed by atoms with Gasteiger partial charge in [-0.2, -0.15) is 0 Å². The molecule has 0 radical (unpaired) electrons. The Hall–Kier alpha value is -4.92. The van der Waals surface area contributed by atoms with Crippen LogP contribution < -0.4 is 24.0 Å². The lowest BCUT2D eigenvalue weighted by atomic mass is 9.89. The number of ether oxygens (including phenoxy) is 3. The topological polar surface area (TPSA) is 102 Å². The summed E-state index contributed by atoms with van der Waals surface area (Å²) < 4.78 is 17.0. The van der Waals surface area contributed by atoms with Crippen molar-refractivity contribution < 1.29 is 33.4 Å². The second-order valence-electron chi connectivity index (χ2n) is 10.2. The van der Waals surface area contributed by atoms with Gasteiger partial charge in [-0.15, -0.1) is 0 Å². The van der Waals surface area contributed by atoms with Crippen LogP contribution >= 0.6 is 0 Å². The Bertz CT molecular complexity index is 1610. The number of anilines is 2. The number of carbonyl (C=O) groups excluding carboxylic acids is 4.